The molecule has 1 saturated carbocycles. The normalized spacial score (nSPS) is 27.2. The van der Waals surface area contributed by atoms with E-state index in [1.54, 1.807) is 6.20 Å². The van der Waals surface area contributed by atoms with Crippen LogP contribution in [0.5, 0.6) is 5.75 Å². The first-order chi connectivity index (χ1) is 8.71. The number of nitrogens with two attached hydrogens (primary N) is 1. The number of ether oxygens (including phenoxy) is 1. The van der Waals surface area contributed by atoms with E-state index in [9.17, 15) is 0 Å². The van der Waals surface area contributed by atoms with Gasteiger partial charge in [-0.3, -0.25) is 0 Å². The van der Waals surface area contributed by atoms with Crippen molar-refractivity contribution in [2.75, 3.05) is 0 Å². The highest BCUT2D eigenvalue weighted by molar-refractivity contribution is 5.35. The number of hydrogen-bond donors (Lipinski definition) is 1. The van der Waals surface area contributed by atoms with E-state index in [4.69, 9.17) is 15.7 Å². The Balaban J connectivity index is 2.23. The van der Waals surface area contributed by atoms with E-state index in [1.165, 1.54) is 0 Å². The van der Waals surface area contributed by atoms with E-state index in [1.807, 2.05) is 13.0 Å². The largest absolute Gasteiger partial charge is 0.488 e. The summed E-state index contributed by atoms with van der Waals surface area (Å²) in [5.74, 6) is 0.703. The van der Waals surface area contributed by atoms with Crippen molar-refractivity contribution in [3.63, 3.8) is 0 Å². The second-order valence-corrected chi connectivity index (χ2v) is 6.57. The molecule has 0 saturated heterocycles. The van der Waals surface area contributed by atoms with Crippen molar-refractivity contribution >= 4 is 0 Å². The molecule has 19 heavy (non-hydrogen) atoms. The number of hydrogen-bond acceptors (Lipinski definition) is 4. The van der Waals surface area contributed by atoms with Crippen LogP contribution in [0.15, 0.2) is 12.3 Å². The molecule has 0 aliphatic heterocycles. The quantitative estimate of drug-likeness (QED) is 0.885. The highest BCUT2D eigenvalue weighted by atomic mass is 16.5. The summed E-state index contributed by atoms with van der Waals surface area (Å²) in [5, 5.41) is 8.88. The summed E-state index contributed by atoms with van der Waals surface area (Å²) >= 11 is 0. The van der Waals surface area contributed by atoms with Crippen LogP contribution in [0.2, 0.25) is 0 Å². The Labute approximate surface area is 114 Å². The molecule has 4 heteroatoms. The lowest BCUT2D eigenvalue weighted by Crippen LogP contribution is -2.72. The Morgan fingerprint density at radius 1 is 1.32 bits per heavy atom. The van der Waals surface area contributed by atoms with Crippen LogP contribution in [0.3, 0.4) is 0 Å². The summed E-state index contributed by atoms with van der Waals surface area (Å²) in [5.41, 5.74) is 7.36. The van der Waals surface area contributed by atoms with E-state index in [2.05, 4.69) is 38.7 Å². The molecule has 0 radical (unpaired) electrons. The van der Waals surface area contributed by atoms with Gasteiger partial charge in [-0.05, 0) is 18.6 Å². The third-order valence-corrected chi connectivity index (χ3v) is 4.37. The monoisotopic (exact) mass is 259 g/mol. The molecule has 1 aliphatic carbocycles. The number of aryl methyl sites for hydroxylation is 1. The number of rotatable bonds is 2. The van der Waals surface area contributed by atoms with Crippen LogP contribution < -0.4 is 10.5 Å². The second kappa shape index (κ2) is 4.21. The van der Waals surface area contributed by atoms with Gasteiger partial charge in [0.2, 0.25) is 0 Å². The van der Waals surface area contributed by atoms with Gasteiger partial charge in [-0.2, -0.15) is 5.26 Å². The van der Waals surface area contributed by atoms with E-state index >= 15 is 0 Å². The number of nitriles is 1. The zero-order chi connectivity index (χ0) is 14.4. The van der Waals surface area contributed by atoms with Crippen molar-refractivity contribution in [1.29, 1.82) is 5.26 Å². The topological polar surface area (TPSA) is 71.9 Å². The summed E-state index contributed by atoms with van der Waals surface area (Å²) in [7, 11) is 0. The molecular weight excluding hydrogens is 238 g/mol. The highest BCUT2D eigenvalue weighted by Crippen LogP contribution is 2.54. The maximum absolute atomic E-state index is 8.88. The van der Waals surface area contributed by atoms with Crippen LogP contribution >= 0.6 is 0 Å². The molecule has 0 bridgehead atoms. The summed E-state index contributed by atoms with van der Waals surface area (Å²) in [6.45, 7) is 10.4. The van der Waals surface area contributed by atoms with Crippen LogP contribution in [0, 0.1) is 29.1 Å². The third kappa shape index (κ3) is 1.98. The molecule has 2 N–H and O–H groups in total. The highest BCUT2D eigenvalue weighted by Gasteiger charge is 2.61. The van der Waals surface area contributed by atoms with Gasteiger partial charge in [0.1, 0.15) is 23.6 Å². The van der Waals surface area contributed by atoms with Gasteiger partial charge >= 0.3 is 0 Å². The minimum Gasteiger partial charge on any atom is -0.488 e. The SMILES string of the molecule is Cc1cc(OC2C(C)(C)C(N)C2(C)C)cnc1C#N. The zero-order valence-electron chi connectivity index (χ0n) is 12.2. The lowest BCUT2D eigenvalue weighted by molar-refractivity contribution is -0.155. The molecule has 0 atom stereocenters. The van der Waals surface area contributed by atoms with Gasteiger partial charge in [0.05, 0.1) is 6.20 Å². The fourth-order valence-corrected chi connectivity index (χ4v) is 3.32. The Morgan fingerprint density at radius 2 is 1.89 bits per heavy atom. The maximum Gasteiger partial charge on any atom is 0.143 e. The minimum absolute atomic E-state index is 0.0455. The van der Waals surface area contributed by atoms with Crippen molar-refractivity contribution in [2.45, 2.75) is 46.8 Å². The fourth-order valence-electron chi connectivity index (χ4n) is 3.32. The average Bonchev–Trinajstić information content (AvgIpc) is 2.34. The van der Waals surface area contributed by atoms with E-state index < -0.39 is 0 Å². The maximum atomic E-state index is 8.88. The molecule has 1 aromatic heterocycles. The van der Waals surface area contributed by atoms with Crippen molar-refractivity contribution in [3.8, 4) is 11.8 Å². The molecule has 102 valence electrons. The third-order valence-electron chi connectivity index (χ3n) is 4.37. The Bertz CT molecular complexity index is 527. The van der Waals surface area contributed by atoms with Gasteiger partial charge in [0.15, 0.2) is 0 Å². The van der Waals surface area contributed by atoms with Crippen molar-refractivity contribution in [2.24, 2.45) is 16.6 Å². The van der Waals surface area contributed by atoms with Gasteiger partial charge < -0.3 is 10.5 Å². The first-order valence-corrected chi connectivity index (χ1v) is 6.50. The summed E-state index contributed by atoms with van der Waals surface area (Å²) in [4.78, 5) is 4.11. The van der Waals surface area contributed by atoms with Crippen LogP contribution in [0.1, 0.15) is 39.0 Å². The van der Waals surface area contributed by atoms with Gasteiger partial charge in [-0.15, -0.1) is 0 Å². The molecule has 2 rings (SSSR count). The van der Waals surface area contributed by atoms with Gasteiger partial charge in [-0.1, -0.05) is 27.7 Å². The van der Waals surface area contributed by atoms with Crippen molar-refractivity contribution < 1.29 is 4.74 Å². The van der Waals surface area contributed by atoms with Crippen LogP contribution in [0.4, 0.5) is 0 Å². The number of pyridine rings is 1. The predicted molar refractivity (Wildman–Crippen MR) is 73.6 cm³/mol. The van der Waals surface area contributed by atoms with Crippen molar-refractivity contribution in [1.82, 2.24) is 4.98 Å². The standard InChI is InChI=1S/C15H21N3O/c1-9-6-10(8-18-11(9)7-16)19-13-14(2,3)12(17)15(13,4)5/h6,8,12-13H,17H2,1-5H3. The summed E-state index contributed by atoms with van der Waals surface area (Å²) in [6.07, 6.45) is 1.66. The Morgan fingerprint density at radius 3 is 2.37 bits per heavy atom. The van der Waals surface area contributed by atoms with Gasteiger partial charge in [0, 0.05) is 16.9 Å². The Hall–Kier alpha value is -1.60. The number of aromatic nitrogens is 1. The molecule has 0 amide bonds. The Kier molecular flexibility index (Phi) is 3.06. The second-order valence-electron chi connectivity index (χ2n) is 6.57. The molecule has 4 nitrogen and oxygen atoms in total. The van der Waals surface area contributed by atoms with Gasteiger partial charge in [-0.25, -0.2) is 4.98 Å². The molecule has 0 spiro atoms. The fraction of sp³-hybridized carbons (Fsp3) is 0.600. The summed E-state index contributed by atoms with van der Waals surface area (Å²) in [6, 6.07) is 4.03. The molecule has 0 aromatic carbocycles. The lowest BCUT2D eigenvalue weighted by Gasteiger charge is -2.61. The average molecular weight is 259 g/mol. The van der Waals surface area contributed by atoms with E-state index in [-0.39, 0.29) is 23.0 Å². The molecule has 1 aromatic rings. The summed E-state index contributed by atoms with van der Waals surface area (Å²) < 4.78 is 6.08. The van der Waals surface area contributed by atoms with E-state index in [0.29, 0.717) is 11.4 Å². The zero-order valence-corrected chi connectivity index (χ0v) is 12.2. The molecular formula is C15H21N3O. The first kappa shape index (κ1) is 13.8. The molecule has 1 heterocycles. The predicted octanol–water partition coefficient (Wildman–Crippen LogP) is 2.40. The van der Waals surface area contributed by atoms with E-state index in [0.717, 1.165) is 5.56 Å². The first-order valence-electron chi connectivity index (χ1n) is 6.50. The van der Waals surface area contributed by atoms with Crippen LogP contribution in [-0.4, -0.2) is 17.1 Å². The smallest absolute Gasteiger partial charge is 0.143 e. The molecule has 0 unspecified atom stereocenters. The lowest BCUT2D eigenvalue weighted by atomic mass is 9.50. The molecule has 1 fully saturated rings. The number of nitrogens with zero attached hydrogens (tertiary/aromatic N) is 2. The minimum atomic E-state index is -0.0642. The van der Waals surface area contributed by atoms with Crippen LogP contribution in [0.25, 0.3) is 0 Å². The van der Waals surface area contributed by atoms with Gasteiger partial charge in [0.25, 0.3) is 0 Å². The van der Waals surface area contributed by atoms with Crippen molar-refractivity contribution in [3.05, 3.63) is 23.5 Å². The molecule has 1 aliphatic rings. The van der Waals surface area contributed by atoms with Crippen LogP contribution in [-0.2, 0) is 0 Å².